The molecule has 2 N–H and O–H groups in total. The standard InChI is InChI=1S/C24H22BrN3O3/c1-14-6-8-16(9-7-14)23(29)28-27-19-4-3-5-20-21(19)15(2)22(31-20)24(30)26-18-12-10-17(25)11-13-18/h6-13H,3-5H2,1-2H3,(H,26,30)(H,28,29)/b27-19+. The number of carbonyl (C=O) groups excluding carboxylic acids is 2. The van der Waals surface area contributed by atoms with Crippen LogP contribution < -0.4 is 10.7 Å². The molecule has 0 spiro atoms. The summed E-state index contributed by atoms with van der Waals surface area (Å²) in [4.78, 5) is 25.2. The third-order valence-corrected chi connectivity index (χ3v) is 5.77. The molecule has 1 aliphatic rings. The van der Waals surface area contributed by atoms with Crippen LogP contribution in [0.2, 0.25) is 0 Å². The Balaban J connectivity index is 1.55. The number of amides is 2. The van der Waals surface area contributed by atoms with Gasteiger partial charge >= 0.3 is 0 Å². The third kappa shape index (κ3) is 4.61. The normalized spacial score (nSPS) is 14.2. The monoisotopic (exact) mass is 479 g/mol. The number of hydrogen-bond acceptors (Lipinski definition) is 4. The van der Waals surface area contributed by atoms with Gasteiger partial charge in [-0.25, -0.2) is 5.43 Å². The van der Waals surface area contributed by atoms with Crippen molar-refractivity contribution in [2.75, 3.05) is 5.32 Å². The predicted octanol–water partition coefficient (Wildman–Crippen LogP) is 5.38. The molecule has 2 amide bonds. The average molecular weight is 480 g/mol. The average Bonchev–Trinajstić information content (AvgIpc) is 3.11. The van der Waals surface area contributed by atoms with Crippen molar-refractivity contribution < 1.29 is 14.0 Å². The van der Waals surface area contributed by atoms with Gasteiger partial charge in [-0.15, -0.1) is 0 Å². The molecule has 0 bridgehead atoms. The number of hydrogen-bond donors (Lipinski definition) is 2. The zero-order chi connectivity index (χ0) is 22.0. The summed E-state index contributed by atoms with van der Waals surface area (Å²) >= 11 is 3.38. The van der Waals surface area contributed by atoms with Gasteiger partial charge in [0.25, 0.3) is 11.8 Å². The summed E-state index contributed by atoms with van der Waals surface area (Å²) in [5, 5.41) is 7.23. The molecular weight excluding hydrogens is 458 g/mol. The summed E-state index contributed by atoms with van der Waals surface area (Å²) < 4.78 is 6.85. The Labute approximate surface area is 188 Å². The zero-order valence-electron chi connectivity index (χ0n) is 17.3. The van der Waals surface area contributed by atoms with Crippen LogP contribution in [-0.2, 0) is 6.42 Å². The van der Waals surface area contributed by atoms with E-state index in [2.05, 4.69) is 31.8 Å². The number of halogens is 1. The van der Waals surface area contributed by atoms with Gasteiger partial charge in [-0.1, -0.05) is 33.6 Å². The molecule has 7 heteroatoms. The molecule has 1 heterocycles. The fraction of sp³-hybridized carbons (Fsp3) is 0.208. The molecule has 0 aliphatic heterocycles. The Kier molecular flexibility index (Phi) is 6.04. The molecule has 3 aromatic rings. The van der Waals surface area contributed by atoms with E-state index < -0.39 is 0 Å². The van der Waals surface area contributed by atoms with Gasteiger partial charge in [-0.3, -0.25) is 9.59 Å². The maximum atomic E-state index is 12.8. The zero-order valence-corrected chi connectivity index (χ0v) is 18.9. The van der Waals surface area contributed by atoms with Crippen molar-refractivity contribution in [2.24, 2.45) is 5.10 Å². The quantitative estimate of drug-likeness (QED) is 0.492. The molecule has 0 atom stereocenters. The van der Waals surface area contributed by atoms with Crippen LogP contribution in [0.4, 0.5) is 5.69 Å². The number of fused-ring (bicyclic) bond motifs is 1. The Hall–Kier alpha value is -3.19. The number of carbonyl (C=O) groups is 2. The number of rotatable bonds is 4. The molecule has 31 heavy (non-hydrogen) atoms. The highest BCUT2D eigenvalue weighted by Crippen LogP contribution is 2.30. The Morgan fingerprint density at radius 1 is 0.968 bits per heavy atom. The first-order valence-corrected chi connectivity index (χ1v) is 10.8. The van der Waals surface area contributed by atoms with Crippen molar-refractivity contribution >= 4 is 39.1 Å². The van der Waals surface area contributed by atoms with E-state index in [0.29, 0.717) is 17.7 Å². The van der Waals surface area contributed by atoms with Crippen molar-refractivity contribution in [3.8, 4) is 0 Å². The number of nitrogens with zero attached hydrogens (tertiary/aromatic N) is 1. The van der Waals surface area contributed by atoms with Crippen LogP contribution in [0.3, 0.4) is 0 Å². The van der Waals surface area contributed by atoms with E-state index in [4.69, 9.17) is 4.42 Å². The van der Waals surface area contributed by atoms with E-state index in [1.807, 2.05) is 50.2 Å². The fourth-order valence-corrected chi connectivity index (χ4v) is 3.87. The summed E-state index contributed by atoms with van der Waals surface area (Å²) in [7, 11) is 0. The highest BCUT2D eigenvalue weighted by Gasteiger charge is 2.28. The van der Waals surface area contributed by atoms with Crippen molar-refractivity contribution in [2.45, 2.75) is 33.1 Å². The molecule has 158 valence electrons. The predicted molar refractivity (Wildman–Crippen MR) is 124 cm³/mol. The lowest BCUT2D eigenvalue weighted by Gasteiger charge is -2.13. The second-order valence-corrected chi connectivity index (χ2v) is 8.45. The van der Waals surface area contributed by atoms with Crippen LogP contribution in [0.5, 0.6) is 0 Å². The summed E-state index contributed by atoms with van der Waals surface area (Å²) in [6.45, 7) is 3.82. The van der Waals surface area contributed by atoms with Gasteiger partial charge in [0, 0.05) is 33.3 Å². The first kappa shape index (κ1) is 21.1. The number of nitrogens with one attached hydrogen (secondary N) is 2. The molecule has 0 fully saturated rings. The molecular formula is C24H22BrN3O3. The number of benzene rings is 2. The lowest BCUT2D eigenvalue weighted by atomic mass is 9.93. The van der Waals surface area contributed by atoms with Gasteiger partial charge in [-0.05, 0) is 63.1 Å². The van der Waals surface area contributed by atoms with Crippen molar-refractivity contribution in [1.82, 2.24) is 5.43 Å². The largest absolute Gasteiger partial charge is 0.455 e. The molecule has 0 saturated heterocycles. The van der Waals surface area contributed by atoms with Crippen LogP contribution in [-0.4, -0.2) is 17.5 Å². The van der Waals surface area contributed by atoms with Gasteiger partial charge in [-0.2, -0.15) is 5.10 Å². The highest BCUT2D eigenvalue weighted by atomic mass is 79.9. The van der Waals surface area contributed by atoms with E-state index in [9.17, 15) is 9.59 Å². The molecule has 0 saturated carbocycles. The maximum Gasteiger partial charge on any atom is 0.291 e. The smallest absolute Gasteiger partial charge is 0.291 e. The summed E-state index contributed by atoms with van der Waals surface area (Å²) in [6.07, 6.45) is 2.27. The second kappa shape index (κ2) is 8.89. The van der Waals surface area contributed by atoms with Gasteiger partial charge < -0.3 is 9.73 Å². The minimum absolute atomic E-state index is 0.269. The van der Waals surface area contributed by atoms with Crippen LogP contribution in [0.25, 0.3) is 0 Å². The highest BCUT2D eigenvalue weighted by molar-refractivity contribution is 9.10. The van der Waals surface area contributed by atoms with E-state index >= 15 is 0 Å². The third-order valence-electron chi connectivity index (χ3n) is 5.24. The Morgan fingerprint density at radius 3 is 2.39 bits per heavy atom. The minimum atomic E-state index is -0.308. The molecule has 4 rings (SSSR count). The number of furan rings is 1. The Morgan fingerprint density at radius 2 is 1.68 bits per heavy atom. The van der Waals surface area contributed by atoms with Gasteiger partial charge in [0.15, 0.2) is 5.76 Å². The van der Waals surface area contributed by atoms with Crippen LogP contribution in [0.15, 0.2) is 62.5 Å². The molecule has 2 aromatic carbocycles. The first-order chi connectivity index (χ1) is 14.9. The molecule has 6 nitrogen and oxygen atoms in total. The molecule has 0 radical (unpaired) electrons. The summed E-state index contributed by atoms with van der Waals surface area (Å²) in [6, 6.07) is 14.7. The van der Waals surface area contributed by atoms with Gasteiger partial charge in [0.05, 0.1) is 5.71 Å². The lowest BCUT2D eigenvalue weighted by molar-refractivity contribution is 0.0953. The van der Waals surface area contributed by atoms with Crippen LogP contribution >= 0.6 is 15.9 Å². The van der Waals surface area contributed by atoms with E-state index in [1.165, 1.54) is 0 Å². The second-order valence-electron chi connectivity index (χ2n) is 7.53. The van der Waals surface area contributed by atoms with Gasteiger partial charge in [0.1, 0.15) is 5.76 Å². The number of aryl methyl sites for hydroxylation is 2. The first-order valence-electron chi connectivity index (χ1n) is 10.1. The van der Waals surface area contributed by atoms with Crippen LogP contribution in [0, 0.1) is 13.8 Å². The topological polar surface area (TPSA) is 83.7 Å². The molecule has 1 aromatic heterocycles. The van der Waals surface area contributed by atoms with Gasteiger partial charge in [0.2, 0.25) is 0 Å². The van der Waals surface area contributed by atoms with Crippen molar-refractivity contribution in [1.29, 1.82) is 0 Å². The number of hydrazone groups is 1. The molecule has 0 unspecified atom stereocenters. The van der Waals surface area contributed by atoms with E-state index in [1.54, 1.807) is 12.1 Å². The van der Waals surface area contributed by atoms with E-state index in [-0.39, 0.29) is 17.6 Å². The number of anilines is 1. The summed E-state index contributed by atoms with van der Waals surface area (Å²) in [5.74, 6) is 0.423. The molecule has 1 aliphatic carbocycles. The van der Waals surface area contributed by atoms with Crippen molar-refractivity contribution in [3.05, 3.63) is 86.8 Å². The minimum Gasteiger partial charge on any atom is -0.455 e. The Bertz CT molecular complexity index is 1160. The van der Waals surface area contributed by atoms with Crippen LogP contribution in [0.1, 0.15) is 56.2 Å². The lowest BCUT2D eigenvalue weighted by Crippen LogP contribution is -2.22. The maximum absolute atomic E-state index is 12.8. The fourth-order valence-electron chi connectivity index (χ4n) is 3.61. The van der Waals surface area contributed by atoms with E-state index in [0.717, 1.165) is 45.5 Å². The summed E-state index contributed by atoms with van der Waals surface area (Å²) in [5.41, 5.74) is 7.23. The SMILES string of the molecule is Cc1ccc(C(=O)N/N=C2\CCCc3oc(C(=O)Nc4ccc(Br)cc4)c(C)c32)cc1. The van der Waals surface area contributed by atoms with Crippen molar-refractivity contribution in [3.63, 3.8) is 0 Å².